The Balaban J connectivity index is 2.04. The molecule has 112 valence electrons. The number of unbranched alkanes of at least 4 members (excludes halogenated alkanes) is 2. The normalized spacial score (nSPS) is 10.4. The molecule has 2 rings (SSSR count). The highest BCUT2D eigenvalue weighted by Gasteiger charge is 2.03. The molecule has 2 aromatic rings. The van der Waals surface area contributed by atoms with Crippen LogP contribution in [0.25, 0.3) is 0 Å². The number of aryl methyl sites for hydroxylation is 1. The zero-order chi connectivity index (χ0) is 15.1. The summed E-state index contributed by atoms with van der Waals surface area (Å²) in [6, 6.07) is 8.16. The van der Waals surface area contributed by atoms with Gasteiger partial charge in [0.05, 0.1) is 0 Å². The van der Waals surface area contributed by atoms with Crippen LogP contribution in [0.4, 0.5) is 21.8 Å². The fourth-order valence-corrected chi connectivity index (χ4v) is 2.00. The second kappa shape index (κ2) is 7.57. The van der Waals surface area contributed by atoms with Gasteiger partial charge in [-0.1, -0.05) is 25.8 Å². The minimum Gasteiger partial charge on any atom is -0.370 e. The van der Waals surface area contributed by atoms with Gasteiger partial charge in [0.15, 0.2) is 0 Å². The van der Waals surface area contributed by atoms with Crippen LogP contribution in [0.1, 0.15) is 31.9 Å². The van der Waals surface area contributed by atoms with E-state index < -0.39 is 0 Å². The summed E-state index contributed by atoms with van der Waals surface area (Å²) < 4.78 is 13.2. The summed E-state index contributed by atoms with van der Waals surface area (Å²) in [7, 11) is 0. The van der Waals surface area contributed by atoms with Crippen LogP contribution < -0.4 is 10.6 Å². The lowest BCUT2D eigenvalue weighted by molar-refractivity contribution is 0.628. The molecule has 0 unspecified atom stereocenters. The third-order valence-corrected chi connectivity index (χ3v) is 3.02. The van der Waals surface area contributed by atoms with Gasteiger partial charge in [-0.05, 0) is 31.5 Å². The number of nitrogens with zero attached hydrogens (tertiary/aromatic N) is 2. The maximum absolute atomic E-state index is 13.2. The molecule has 0 aliphatic heterocycles. The van der Waals surface area contributed by atoms with Crippen LogP contribution in [-0.2, 0) is 0 Å². The molecule has 1 aromatic carbocycles. The van der Waals surface area contributed by atoms with Crippen molar-refractivity contribution in [2.75, 3.05) is 17.2 Å². The van der Waals surface area contributed by atoms with E-state index in [9.17, 15) is 4.39 Å². The minimum absolute atomic E-state index is 0.287. The standard InChI is InChI=1S/C16H21FN4/c1-3-4-5-9-18-15-10-12(2)19-16(21-15)20-14-8-6-7-13(17)11-14/h6-8,10-11H,3-5,9H2,1-2H3,(H2,18,19,20,21). The van der Waals surface area contributed by atoms with Crippen molar-refractivity contribution in [3.8, 4) is 0 Å². The molecule has 0 spiro atoms. The van der Waals surface area contributed by atoms with E-state index in [1.54, 1.807) is 12.1 Å². The molecule has 0 amide bonds. The van der Waals surface area contributed by atoms with Gasteiger partial charge in [0.1, 0.15) is 11.6 Å². The number of hydrogen-bond acceptors (Lipinski definition) is 4. The Morgan fingerprint density at radius 2 is 2.00 bits per heavy atom. The second-order valence-corrected chi connectivity index (χ2v) is 4.99. The number of halogens is 1. The first-order chi connectivity index (χ1) is 10.2. The predicted molar refractivity (Wildman–Crippen MR) is 84.5 cm³/mol. The topological polar surface area (TPSA) is 49.8 Å². The summed E-state index contributed by atoms with van der Waals surface area (Å²) in [5.74, 6) is 0.974. The summed E-state index contributed by atoms with van der Waals surface area (Å²) in [6.45, 7) is 4.98. The number of hydrogen-bond donors (Lipinski definition) is 2. The highest BCUT2D eigenvalue weighted by molar-refractivity contribution is 5.55. The molecule has 0 bridgehead atoms. The maximum Gasteiger partial charge on any atom is 0.229 e. The number of anilines is 3. The summed E-state index contributed by atoms with van der Waals surface area (Å²) in [4.78, 5) is 8.72. The van der Waals surface area contributed by atoms with Crippen molar-refractivity contribution in [3.05, 3.63) is 41.8 Å². The van der Waals surface area contributed by atoms with Crippen molar-refractivity contribution in [2.24, 2.45) is 0 Å². The van der Waals surface area contributed by atoms with Crippen molar-refractivity contribution >= 4 is 17.5 Å². The third kappa shape index (κ3) is 5.02. The van der Waals surface area contributed by atoms with Gasteiger partial charge in [-0.3, -0.25) is 0 Å². The van der Waals surface area contributed by atoms with Gasteiger partial charge in [-0.2, -0.15) is 4.98 Å². The fraction of sp³-hybridized carbons (Fsp3) is 0.375. The molecule has 2 N–H and O–H groups in total. The van der Waals surface area contributed by atoms with Crippen LogP contribution in [0, 0.1) is 12.7 Å². The summed E-state index contributed by atoms with van der Waals surface area (Å²) >= 11 is 0. The summed E-state index contributed by atoms with van der Waals surface area (Å²) in [5.41, 5.74) is 1.50. The van der Waals surface area contributed by atoms with Crippen LogP contribution >= 0.6 is 0 Å². The molecule has 21 heavy (non-hydrogen) atoms. The molecular weight excluding hydrogens is 267 g/mol. The third-order valence-electron chi connectivity index (χ3n) is 3.02. The van der Waals surface area contributed by atoms with Crippen LogP contribution in [0.5, 0.6) is 0 Å². The van der Waals surface area contributed by atoms with Crippen molar-refractivity contribution in [3.63, 3.8) is 0 Å². The van der Waals surface area contributed by atoms with Crippen LogP contribution in [0.15, 0.2) is 30.3 Å². The lowest BCUT2D eigenvalue weighted by Crippen LogP contribution is -2.06. The Morgan fingerprint density at radius 1 is 1.14 bits per heavy atom. The van der Waals surface area contributed by atoms with E-state index in [4.69, 9.17) is 0 Å². The molecular formula is C16H21FN4. The largest absolute Gasteiger partial charge is 0.370 e. The van der Waals surface area contributed by atoms with Gasteiger partial charge in [0.2, 0.25) is 5.95 Å². The molecule has 5 heteroatoms. The number of rotatable bonds is 7. The summed E-state index contributed by atoms with van der Waals surface area (Å²) in [5, 5.41) is 6.32. The van der Waals surface area contributed by atoms with E-state index in [1.807, 2.05) is 13.0 Å². The Kier molecular flexibility index (Phi) is 5.49. The zero-order valence-corrected chi connectivity index (χ0v) is 12.5. The van der Waals surface area contributed by atoms with Gasteiger partial charge in [-0.15, -0.1) is 0 Å². The van der Waals surface area contributed by atoms with E-state index in [1.165, 1.54) is 25.0 Å². The highest BCUT2D eigenvalue weighted by Crippen LogP contribution is 2.16. The average Bonchev–Trinajstić information content (AvgIpc) is 2.43. The summed E-state index contributed by atoms with van der Waals surface area (Å²) in [6.07, 6.45) is 3.51. The minimum atomic E-state index is -0.287. The van der Waals surface area contributed by atoms with Gasteiger partial charge >= 0.3 is 0 Å². The number of benzene rings is 1. The van der Waals surface area contributed by atoms with Gasteiger partial charge in [-0.25, -0.2) is 9.37 Å². The molecule has 0 radical (unpaired) electrons. The first-order valence-corrected chi connectivity index (χ1v) is 7.29. The molecule has 4 nitrogen and oxygen atoms in total. The Labute approximate surface area is 124 Å². The lowest BCUT2D eigenvalue weighted by Gasteiger charge is -2.10. The predicted octanol–water partition coefficient (Wildman–Crippen LogP) is 4.27. The van der Waals surface area contributed by atoms with Crippen molar-refractivity contribution in [1.82, 2.24) is 9.97 Å². The molecule has 0 fully saturated rings. The van der Waals surface area contributed by atoms with Crippen molar-refractivity contribution in [1.29, 1.82) is 0 Å². The molecule has 1 heterocycles. The van der Waals surface area contributed by atoms with E-state index in [0.717, 1.165) is 24.5 Å². The number of aromatic nitrogens is 2. The van der Waals surface area contributed by atoms with E-state index >= 15 is 0 Å². The molecule has 0 saturated carbocycles. The van der Waals surface area contributed by atoms with Crippen molar-refractivity contribution in [2.45, 2.75) is 33.1 Å². The van der Waals surface area contributed by atoms with Crippen LogP contribution in [0.2, 0.25) is 0 Å². The Bertz CT molecular complexity index is 586. The lowest BCUT2D eigenvalue weighted by atomic mass is 10.2. The first kappa shape index (κ1) is 15.2. The first-order valence-electron chi connectivity index (χ1n) is 7.29. The van der Waals surface area contributed by atoms with Crippen molar-refractivity contribution < 1.29 is 4.39 Å². The molecule has 0 aliphatic rings. The fourth-order valence-electron chi connectivity index (χ4n) is 2.00. The molecule has 0 aliphatic carbocycles. The van der Waals surface area contributed by atoms with E-state index in [0.29, 0.717) is 11.6 Å². The zero-order valence-electron chi connectivity index (χ0n) is 12.5. The number of nitrogens with one attached hydrogen (secondary N) is 2. The van der Waals surface area contributed by atoms with Crippen LogP contribution in [-0.4, -0.2) is 16.5 Å². The van der Waals surface area contributed by atoms with E-state index in [2.05, 4.69) is 27.5 Å². The second-order valence-electron chi connectivity index (χ2n) is 4.99. The molecule has 1 aromatic heterocycles. The van der Waals surface area contributed by atoms with Gasteiger partial charge < -0.3 is 10.6 Å². The maximum atomic E-state index is 13.2. The monoisotopic (exact) mass is 288 g/mol. The highest BCUT2D eigenvalue weighted by atomic mass is 19.1. The Morgan fingerprint density at radius 3 is 2.76 bits per heavy atom. The molecule has 0 atom stereocenters. The van der Waals surface area contributed by atoms with Gasteiger partial charge in [0.25, 0.3) is 0 Å². The smallest absolute Gasteiger partial charge is 0.229 e. The average molecular weight is 288 g/mol. The molecule has 0 saturated heterocycles. The Hall–Kier alpha value is -2.17. The van der Waals surface area contributed by atoms with Crippen LogP contribution in [0.3, 0.4) is 0 Å². The SMILES string of the molecule is CCCCCNc1cc(C)nc(Nc2cccc(F)c2)n1. The van der Waals surface area contributed by atoms with E-state index in [-0.39, 0.29) is 5.82 Å². The quantitative estimate of drug-likeness (QED) is 0.747. The van der Waals surface area contributed by atoms with Gasteiger partial charge in [0, 0.05) is 24.0 Å².